The molecule has 1 aromatic carbocycles. The quantitative estimate of drug-likeness (QED) is 0.767. The van der Waals surface area contributed by atoms with Gasteiger partial charge in [0.2, 0.25) is 0 Å². The molecule has 3 heterocycles. The lowest BCUT2D eigenvalue weighted by molar-refractivity contribution is -0.0402. The van der Waals surface area contributed by atoms with Gasteiger partial charge in [-0.3, -0.25) is 4.79 Å². The van der Waals surface area contributed by atoms with Crippen molar-refractivity contribution >= 4 is 27.9 Å². The molecule has 3 aromatic rings. The van der Waals surface area contributed by atoms with Gasteiger partial charge in [0, 0.05) is 18.5 Å². The first-order valence-corrected chi connectivity index (χ1v) is 9.60. The minimum Gasteiger partial charge on any atom is -0.392 e. The SMILES string of the molecule is CCn1c(=O)c2c(C)n(C3CCCCO3)nc2c2cc(C=CCO)ccc21. The Bertz CT molecular complexity index is 1070. The molecule has 1 unspecified atom stereocenters. The third-order valence-electron chi connectivity index (χ3n) is 5.34. The lowest BCUT2D eigenvalue weighted by atomic mass is 10.1. The summed E-state index contributed by atoms with van der Waals surface area (Å²) in [6.45, 7) is 5.26. The van der Waals surface area contributed by atoms with Gasteiger partial charge in [-0.1, -0.05) is 18.2 Å². The molecule has 6 nitrogen and oxygen atoms in total. The smallest absolute Gasteiger partial charge is 0.262 e. The minimum atomic E-state index is -0.104. The fourth-order valence-electron chi connectivity index (χ4n) is 3.99. The Morgan fingerprint density at radius 2 is 2.22 bits per heavy atom. The van der Waals surface area contributed by atoms with Gasteiger partial charge in [-0.25, -0.2) is 4.68 Å². The number of ether oxygens (including phenoxy) is 1. The summed E-state index contributed by atoms with van der Waals surface area (Å²) >= 11 is 0. The van der Waals surface area contributed by atoms with Gasteiger partial charge in [0.15, 0.2) is 0 Å². The van der Waals surface area contributed by atoms with Gasteiger partial charge < -0.3 is 14.4 Å². The van der Waals surface area contributed by atoms with E-state index in [0.29, 0.717) is 11.9 Å². The van der Waals surface area contributed by atoms with E-state index in [1.54, 1.807) is 10.6 Å². The number of hydrogen-bond acceptors (Lipinski definition) is 4. The van der Waals surface area contributed by atoms with Crippen molar-refractivity contribution in [1.29, 1.82) is 0 Å². The monoisotopic (exact) mass is 367 g/mol. The molecule has 1 saturated heterocycles. The van der Waals surface area contributed by atoms with Crippen LogP contribution in [0.2, 0.25) is 0 Å². The molecule has 6 heteroatoms. The van der Waals surface area contributed by atoms with Crippen LogP contribution in [0.5, 0.6) is 0 Å². The second-order valence-corrected chi connectivity index (χ2v) is 6.99. The van der Waals surface area contributed by atoms with E-state index >= 15 is 0 Å². The molecule has 0 aliphatic carbocycles. The highest BCUT2D eigenvalue weighted by atomic mass is 16.5. The first-order valence-electron chi connectivity index (χ1n) is 9.60. The number of aromatic nitrogens is 3. The number of aliphatic hydroxyl groups is 1. The van der Waals surface area contributed by atoms with Crippen LogP contribution in [-0.4, -0.2) is 32.7 Å². The third-order valence-corrected chi connectivity index (χ3v) is 5.34. The van der Waals surface area contributed by atoms with Crippen molar-refractivity contribution in [1.82, 2.24) is 14.3 Å². The molecular weight excluding hydrogens is 342 g/mol. The van der Waals surface area contributed by atoms with Gasteiger partial charge in [0.05, 0.1) is 23.2 Å². The van der Waals surface area contributed by atoms with E-state index in [1.807, 2.05) is 42.8 Å². The minimum absolute atomic E-state index is 0.00166. The van der Waals surface area contributed by atoms with Crippen molar-refractivity contribution in [2.45, 2.75) is 45.9 Å². The largest absolute Gasteiger partial charge is 0.392 e. The molecule has 1 atom stereocenters. The number of benzene rings is 1. The maximum atomic E-state index is 13.2. The van der Waals surface area contributed by atoms with Gasteiger partial charge in [0.1, 0.15) is 11.7 Å². The highest BCUT2D eigenvalue weighted by Crippen LogP contribution is 2.30. The van der Waals surface area contributed by atoms with Crippen LogP contribution in [0.15, 0.2) is 29.1 Å². The number of nitrogens with zero attached hydrogens (tertiary/aromatic N) is 3. The molecule has 0 amide bonds. The molecule has 0 saturated carbocycles. The molecule has 142 valence electrons. The second kappa shape index (κ2) is 7.29. The van der Waals surface area contributed by atoms with E-state index in [0.717, 1.165) is 53.5 Å². The van der Waals surface area contributed by atoms with Crippen molar-refractivity contribution in [3.63, 3.8) is 0 Å². The Kier molecular flexibility index (Phi) is 4.85. The fourth-order valence-corrected chi connectivity index (χ4v) is 3.99. The summed E-state index contributed by atoms with van der Waals surface area (Å²) in [6.07, 6.45) is 6.57. The van der Waals surface area contributed by atoms with Gasteiger partial charge in [-0.05, 0) is 50.8 Å². The zero-order valence-electron chi connectivity index (χ0n) is 15.8. The zero-order chi connectivity index (χ0) is 19.0. The summed E-state index contributed by atoms with van der Waals surface area (Å²) in [5, 5.41) is 15.5. The Morgan fingerprint density at radius 3 is 2.93 bits per heavy atom. The van der Waals surface area contributed by atoms with Crippen LogP contribution in [-0.2, 0) is 11.3 Å². The maximum absolute atomic E-state index is 13.2. The van der Waals surface area contributed by atoms with Gasteiger partial charge in [0.25, 0.3) is 5.56 Å². The molecule has 4 rings (SSSR count). The first-order chi connectivity index (χ1) is 13.2. The number of rotatable bonds is 4. The van der Waals surface area contributed by atoms with Crippen LogP contribution >= 0.6 is 0 Å². The van der Waals surface area contributed by atoms with Crippen LogP contribution in [0.4, 0.5) is 0 Å². The van der Waals surface area contributed by atoms with E-state index in [1.165, 1.54) is 0 Å². The molecule has 1 aliphatic heterocycles. The van der Waals surface area contributed by atoms with Crippen LogP contribution in [0.25, 0.3) is 27.9 Å². The highest BCUT2D eigenvalue weighted by Gasteiger charge is 2.23. The van der Waals surface area contributed by atoms with Crippen molar-refractivity contribution in [2.75, 3.05) is 13.2 Å². The molecule has 27 heavy (non-hydrogen) atoms. The molecule has 1 aliphatic rings. The van der Waals surface area contributed by atoms with Crippen LogP contribution in [0.1, 0.15) is 43.7 Å². The Labute approximate surface area is 157 Å². The summed E-state index contributed by atoms with van der Waals surface area (Å²) in [7, 11) is 0. The van der Waals surface area contributed by atoms with E-state index in [9.17, 15) is 4.79 Å². The Morgan fingerprint density at radius 1 is 1.37 bits per heavy atom. The summed E-state index contributed by atoms with van der Waals surface area (Å²) in [4.78, 5) is 13.2. The number of aliphatic hydroxyl groups excluding tert-OH is 1. The predicted molar refractivity (Wildman–Crippen MR) is 107 cm³/mol. The number of pyridine rings is 1. The van der Waals surface area contributed by atoms with Gasteiger partial charge >= 0.3 is 0 Å². The standard InChI is InChI=1S/C21H25N3O3/c1-3-23-17-10-9-15(7-6-11-25)13-16(17)20-19(21(23)26)14(2)24(22-20)18-8-4-5-12-27-18/h6-7,9-10,13,18,25H,3-5,8,11-12H2,1-2H3. The van der Waals surface area contributed by atoms with Crippen LogP contribution < -0.4 is 5.56 Å². The van der Waals surface area contributed by atoms with Gasteiger partial charge in [-0.2, -0.15) is 5.10 Å². The normalized spacial score (nSPS) is 18.1. The summed E-state index contributed by atoms with van der Waals surface area (Å²) in [5.74, 6) is 0. The third kappa shape index (κ3) is 2.99. The first kappa shape index (κ1) is 17.9. The van der Waals surface area contributed by atoms with E-state index in [2.05, 4.69) is 0 Å². The fraction of sp³-hybridized carbons (Fsp3) is 0.429. The topological polar surface area (TPSA) is 69.3 Å². The number of hydrogen-bond donors (Lipinski definition) is 1. The number of fused-ring (bicyclic) bond motifs is 3. The highest BCUT2D eigenvalue weighted by molar-refractivity contribution is 6.04. The summed E-state index contributed by atoms with van der Waals surface area (Å²) < 4.78 is 9.61. The average molecular weight is 367 g/mol. The summed E-state index contributed by atoms with van der Waals surface area (Å²) in [5.41, 5.74) is 3.44. The maximum Gasteiger partial charge on any atom is 0.262 e. The molecule has 0 bridgehead atoms. The molecule has 1 fully saturated rings. The van der Waals surface area contributed by atoms with Crippen LogP contribution in [0, 0.1) is 6.92 Å². The predicted octanol–water partition coefficient (Wildman–Crippen LogP) is 3.38. The van der Waals surface area contributed by atoms with Crippen molar-refractivity contribution < 1.29 is 9.84 Å². The van der Waals surface area contributed by atoms with Crippen molar-refractivity contribution in [3.05, 3.63) is 45.9 Å². The van der Waals surface area contributed by atoms with Crippen LogP contribution in [0.3, 0.4) is 0 Å². The summed E-state index contributed by atoms with van der Waals surface area (Å²) in [6, 6.07) is 5.95. The second-order valence-electron chi connectivity index (χ2n) is 6.99. The molecule has 1 N–H and O–H groups in total. The molecular formula is C21H25N3O3. The number of aryl methyl sites for hydroxylation is 2. The molecule has 2 aromatic heterocycles. The molecule has 0 radical (unpaired) electrons. The molecule has 0 spiro atoms. The van der Waals surface area contributed by atoms with E-state index < -0.39 is 0 Å². The van der Waals surface area contributed by atoms with Gasteiger partial charge in [-0.15, -0.1) is 0 Å². The van der Waals surface area contributed by atoms with E-state index in [-0.39, 0.29) is 18.4 Å². The van der Waals surface area contributed by atoms with Crippen molar-refractivity contribution in [2.24, 2.45) is 0 Å². The Hall–Kier alpha value is -2.44. The Balaban J connectivity index is 2.02. The lowest BCUT2D eigenvalue weighted by Crippen LogP contribution is -2.21. The zero-order valence-corrected chi connectivity index (χ0v) is 15.8. The average Bonchev–Trinajstić information content (AvgIpc) is 3.05. The van der Waals surface area contributed by atoms with Crippen molar-refractivity contribution in [3.8, 4) is 0 Å². The van der Waals surface area contributed by atoms with E-state index in [4.69, 9.17) is 14.9 Å². The lowest BCUT2D eigenvalue weighted by Gasteiger charge is -2.23.